The van der Waals surface area contributed by atoms with Crippen molar-refractivity contribution < 1.29 is 11.2 Å². The third-order valence-corrected chi connectivity index (χ3v) is 3.52. The van der Waals surface area contributed by atoms with E-state index in [0.29, 0.717) is 0 Å². The molecule has 0 bridgehead atoms. The molecular formula is C10H8N2O2S. The Hall–Kier alpha value is -1.75. The van der Waals surface area contributed by atoms with E-state index in [4.69, 9.17) is 2.74 Å². The van der Waals surface area contributed by atoms with Crippen molar-refractivity contribution in [1.82, 2.24) is 9.97 Å². The standard InChI is InChI=1S/C10H8N2O2S/c13-15(14,9-3-1-5-11-7-9)10-4-2-6-12-8-10/h1-8H/i5D,6D. The van der Waals surface area contributed by atoms with Gasteiger partial charge in [0.25, 0.3) is 0 Å². The normalized spacial score (nSPS) is 13.1. The summed E-state index contributed by atoms with van der Waals surface area (Å²) >= 11 is 0. The van der Waals surface area contributed by atoms with Gasteiger partial charge in [-0.3, -0.25) is 9.97 Å². The Kier molecular flexibility index (Phi) is 1.90. The Balaban J connectivity index is 2.50. The molecule has 0 saturated carbocycles. The van der Waals surface area contributed by atoms with Crippen LogP contribution in [-0.2, 0) is 9.84 Å². The van der Waals surface area contributed by atoms with Crippen LogP contribution in [0.2, 0.25) is 0 Å². The number of pyridine rings is 2. The van der Waals surface area contributed by atoms with E-state index in [1.807, 2.05) is 0 Å². The van der Waals surface area contributed by atoms with E-state index in [1.165, 1.54) is 24.3 Å². The Labute approximate surface area is 90.4 Å². The highest BCUT2D eigenvalue weighted by atomic mass is 32.2. The van der Waals surface area contributed by atoms with Gasteiger partial charge in [0.05, 0.1) is 12.5 Å². The summed E-state index contributed by atoms with van der Waals surface area (Å²) in [5, 5.41) is 0. The third-order valence-electron chi connectivity index (χ3n) is 1.80. The molecule has 0 aliphatic rings. The van der Waals surface area contributed by atoms with E-state index in [0.717, 1.165) is 12.4 Å². The van der Waals surface area contributed by atoms with Crippen LogP contribution in [0.5, 0.6) is 0 Å². The second-order valence-electron chi connectivity index (χ2n) is 2.75. The fraction of sp³-hybridized carbons (Fsp3) is 0. The highest BCUT2D eigenvalue weighted by Gasteiger charge is 2.16. The van der Waals surface area contributed by atoms with Crippen molar-refractivity contribution in [2.24, 2.45) is 0 Å². The number of aromatic nitrogens is 2. The van der Waals surface area contributed by atoms with Crippen LogP contribution >= 0.6 is 0 Å². The van der Waals surface area contributed by atoms with Crippen LogP contribution in [0, 0.1) is 0 Å². The van der Waals surface area contributed by atoms with Gasteiger partial charge in [-0.1, -0.05) is 0 Å². The topological polar surface area (TPSA) is 59.9 Å². The zero-order chi connectivity index (χ0) is 12.5. The maximum atomic E-state index is 12.1. The summed E-state index contributed by atoms with van der Waals surface area (Å²) in [5.41, 5.74) is 0. The van der Waals surface area contributed by atoms with Crippen LogP contribution in [0.15, 0.2) is 58.8 Å². The van der Waals surface area contributed by atoms with Crippen LogP contribution < -0.4 is 0 Å². The summed E-state index contributed by atoms with van der Waals surface area (Å²) in [6, 6.07) is 5.25. The first-order valence-corrected chi connectivity index (χ1v) is 5.59. The van der Waals surface area contributed by atoms with Crippen molar-refractivity contribution in [2.45, 2.75) is 9.79 Å². The third kappa shape index (κ3) is 1.87. The first kappa shape index (κ1) is 7.53. The van der Waals surface area contributed by atoms with E-state index in [-0.39, 0.29) is 22.1 Å². The zero-order valence-corrected chi connectivity index (χ0v) is 8.40. The number of hydrogen-bond acceptors (Lipinski definition) is 4. The maximum absolute atomic E-state index is 12.1. The molecule has 5 heteroatoms. The zero-order valence-electron chi connectivity index (χ0n) is 9.58. The molecule has 0 atom stereocenters. The molecule has 0 amide bonds. The van der Waals surface area contributed by atoms with E-state index in [2.05, 4.69) is 9.97 Å². The fourth-order valence-electron chi connectivity index (χ4n) is 1.07. The lowest BCUT2D eigenvalue weighted by Crippen LogP contribution is -2.02. The summed E-state index contributed by atoms with van der Waals surface area (Å²) < 4.78 is 38.5. The van der Waals surface area contributed by atoms with Crippen molar-refractivity contribution >= 4 is 9.84 Å². The molecule has 2 aromatic rings. The predicted octanol–water partition coefficient (Wildman–Crippen LogP) is 1.31. The van der Waals surface area contributed by atoms with Gasteiger partial charge < -0.3 is 0 Å². The van der Waals surface area contributed by atoms with Gasteiger partial charge in [0.1, 0.15) is 0 Å². The molecule has 15 heavy (non-hydrogen) atoms. The van der Waals surface area contributed by atoms with Crippen LogP contribution in [0.4, 0.5) is 0 Å². The lowest BCUT2D eigenvalue weighted by molar-refractivity contribution is 0.595. The van der Waals surface area contributed by atoms with Crippen LogP contribution in [0.1, 0.15) is 2.74 Å². The summed E-state index contributed by atoms with van der Waals surface area (Å²) in [6.45, 7) is 0. The minimum Gasteiger partial charge on any atom is -0.263 e. The molecule has 0 aliphatic heterocycles. The van der Waals surface area contributed by atoms with E-state index >= 15 is 0 Å². The number of hydrogen-bond donors (Lipinski definition) is 0. The minimum atomic E-state index is -3.66. The maximum Gasteiger partial charge on any atom is 0.209 e. The van der Waals surface area contributed by atoms with Crippen molar-refractivity contribution in [1.29, 1.82) is 0 Å². The van der Waals surface area contributed by atoms with Gasteiger partial charge in [-0.05, 0) is 24.3 Å². The van der Waals surface area contributed by atoms with Gasteiger partial charge in [0.15, 0.2) is 0 Å². The molecular weight excluding hydrogens is 212 g/mol. The van der Waals surface area contributed by atoms with E-state index in [1.54, 1.807) is 0 Å². The second-order valence-corrected chi connectivity index (χ2v) is 4.70. The first-order valence-electron chi connectivity index (χ1n) is 5.10. The summed E-state index contributed by atoms with van der Waals surface area (Å²) in [4.78, 5) is 7.25. The van der Waals surface area contributed by atoms with Crippen molar-refractivity contribution in [3.8, 4) is 0 Å². The molecule has 2 aromatic heterocycles. The monoisotopic (exact) mass is 222 g/mol. The fourth-order valence-corrected chi connectivity index (χ4v) is 2.22. The van der Waals surface area contributed by atoms with Crippen molar-refractivity contribution in [3.05, 3.63) is 49.0 Å². The minimum absolute atomic E-state index is 0.00332. The molecule has 2 rings (SSSR count). The summed E-state index contributed by atoms with van der Waals surface area (Å²) in [7, 11) is -3.66. The lowest BCUT2D eigenvalue weighted by Gasteiger charge is -2.02. The number of sulfone groups is 1. The van der Waals surface area contributed by atoms with Crippen LogP contribution in [0.25, 0.3) is 0 Å². The van der Waals surface area contributed by atoms with Crippen LogP contribution in [0.3, 0.4) is 0 Å². The van der Waals surface area contributed by atoms with Gasteiger partial charge in [0.2, 0.25) is 9.84 Å². The average Bonchev–Trinajstić information content (AvgIpc) is 2.30. The van der Waals surface area contributed by atoms with Crippen molar-refractivity contribution in [2.75, 3.05) is 0 Å². The highest BCUT2D eigenvalue weighted by Crippen LogP contribution is 2.17. The van der Waals surface area contributed by atoms with Gasteiger partial charge in [0, 0.05) is 24.7 Å². The number of nitrogens with zero attached hydrogens (tertiary/aromatic N) is 2. The van der Waals surface area contributed by atoms with Gasteiger partial charge in [-0.15, -0.1) is 0 Å². The average molecular weight is 222 g/mol. The van der Waals surface area contributed by atoms with E-state index < -0.39 is 9.84 Å². The molecule has 4 nitrogen and oxygen atoms in total. The summed E-state index contributed by atoms with van der Waals surface area (Å²) in [6.07, 6.45) is 2.27. The number of rotatable bonds is 2. The molecule has 0 fully saturated rings. The lowest BCUT2D eigenvalue weighted by atomic mass is 10.5. The SMILES string of the molecule is [2H]c1ccc(S(=O)(=O)c2ccc([2H])nc2)cn1. The molecule has 0 aliphatic carbocycles. The van der Waals surface area contributed by atoms with E-state index in [9.17, 15) is 8.42 Å². The molecule has 0 saturated heterocycles. The quantitative estimate of drug-likeness (QED) is 0.768. The molecule has 0 aromatic carbocycles. The predicted molar refractivity (Wildman–Crippen MR) is 53.9 cm³/mol. The second kappa shape index (κ2) is 3.78. The first-order chi connectivity index (χ1) is 8.00. The summed E-state index contributed by atoms with van der Waals surface area (Å²) in [5.74, 6) is 0. The Morgan fingerprint density at radius 3 is 1.80 bits per heavy atom. The van der Waals surface area contributed by atoms with Gasteiger partial charge in [-0.25, -0.2) is 8.42 Å². The largest absolute Gasteiger partial charge is 0.263 e. The Morgan fingerprint density at radius 2 is 1.47 bits per heavy atom. The van der Waals surface area contributed by atoms with Gasteiger partial charge >= 0.3 is 0 Å². The molecule has 0 N–H and O–H groups in total. The van der Waals surface area contributed by atoms with Crippen LogP contribution in [-0.4, -0.2) is 18.4 Å². The molecule has 0 unspecified atom stereocenters. The Bertz CT molecular complexity index is 573. The molecule has 0 radical (unpaired) electrons. The Morgan fingerprint density at radius 1 is 1.00 bits per heavy atom. The van der Waals surface area contributed by atoms with Crippen molar-refractivity contribution in [3.63, 3.8) is 0 Å². The smallest absolute Gasteiger partial charge is 0.209 e. The molecule has 2 heterocycles. The molecule has 76 valence electrons. The van der Waals surface area contributed by atoms with Gasteiger partial charge in [-0.2, -0.15) is 0 Å². The molecule has 0 spiro atoms. The highest BCUT2D eigenvalue weighted by molar-refractivity contribution is 7.91.